The van der Waals surface area contributed by atoms with Gasteiger partial charge in [-0.25, -0.2) is 4.79 Å². The van der Waals surface area contributed by atoms with Gasteiger partial charge in [0.15, 0.2) is 11.9 Å². The minimum Gasteiger partial charge on any atom is -0.504 e. The SMILES string of the molecule is CC1(C)OC2CC(=O)OC[C@@]23C1=C(O)C(=O)[C@]1(C)C3CC(O)[C@@]2(C)C(c3ccoc3)OC(=O)C3O[C@]321. The zero-order valence-electron chi connectivity index (χ0n) is 20.4. The number of fused-ring (bicyclic) bond motifs is 1. The molecule has 192 valence electrons. The third-order valence-electron chi connectivity index (χ3n) is 10.3. The summed E-state index contributed by atoms with van der Waals surface area (Å²) in [6, 6.07) is 1.65. The molecule has 1 aromatic heterocycles. The minimum atomic E-state index is -1.47. The van der Waals surface area contributed by atoms with E-state index in [0.29, 0.717) is 11.1 Å². The van der Waals surface area contributed by atoms with Gasteiger partial charge >= 0.3 is 11.9 Å². The van der Waals surface area contributed by atoms with Crippen LogP contribution in [0.15, 0.2) is 34.3 Å². The second-order valence-electron chi connectivity index (χ2n) is 12.0. The average Bonchev–Trinajstić information content (AvgIpc) is 3.28. The smallest absolute Gasteiger partial charge is 0.339 e. The third-order valence-corrected chi connectivity index (χ3v) is 10.3. The molecule has 0 radical (unpaired) electrons. The van der Waals surface area contributed by atoms with Crippen LogP contribution in [0.3, 0.4) is 0 Å². The highest BCUT2D eigenvalue weighted by Crippen LogP contribution is 2.79. The number of furan rings is 1. The monoisotopic (exact) mass is 500 g/mol. The summed E-state index contributed by atoms with van der Waals surface area (Å²) in [7, 11) is 0. The highest BCUT2D eigenvalue weighted by Gasteiger charge is 2.91. The Hall–Kier alpha value is -2.69. The fourth-order valence-electron chi connectivity index (χ4n) is 8.90. The highest BCUT2D eigenvalue weighted by atomic mass is 16.7. The Bertz CT molecular complexity index is 1260. The maximum Gasteiger partial charge on any atom is 0.339 e. The van der Waals surface area contributed by atoms with Gasteiger partial charge in [0, 0.05) is 11.1 Å². The molecule has 2 N–H and O–H groups in total. The summed E-state index contributed by atoms with van der Waals surface area (Å²) in [6.07, 6.45) is -0.817. The van der Waals surface area contributed by atoms with E-state index in [0.717, 1.165) is 0 Å². The van der Waals surface area contributed by atoms with Gasteiger partial charge in [-0.05, 0) is 39.2 Å². The minimum absolute atomic E-state index is 0.0503. The first-order chi connectivity index (χ1) is 16.9. The van der Waals surface area contributed by atoms with E-state index < -0.39 is 81.3 Å². The molecule has 36 heavy (non-hydrogen) atoms. The predicted molar refractivity (Wildman–Crippen MR) is 117 cm³/mol. The summed E-state index contributed by atoms with van der Waals surface area (Å²) >= 11 is 0. The van der Waals surface area contributed by atoms with Crippen LogP contribution in [0.5, 0.6) is 0 Å². The van der Waals surface area contributed by atoms with Crippen molar-refractivity contribution in [3.63, 3.8) is 0 Å². The number of carbonyl (C=O) groups is 3. The molecule has 10 nitrogen and oxygen atoms in total. The van der Waals surface area contributed by atoms with E-state index in [1.54, 1.807) is 33.8 Å². The molecule has 2 aliphatic carbocycles. The zero-order chi connectivity index (χ0) is 25.6. The van der Waals surface area contributed by atoms with Crippen molar-refractivity contribution >= 4 is 17.7 Å². The largest absolute Gasteiger partial charge is 0.504 e. The van der Waals surface area contributed by atoms with E-state index in [2.05, 4.69) is 0 Å². The molecule has 10 heteroatoms. The number of epoxide rings is 1. The molecule has 5 unspecified atom stereocenters. The van der Waals surface area contributed by atoms with Crippen LogP contribution in [-0.2, 0) is 33.3 Å². The first-order valence-electron chi connectivity index (χ1n) is 12.3. The number of aliphatic hydroxyl groups excluding tert-OH is 2. The topological polar surface area (TPSA) is 145 Å². The molecule has 5 heterocycles. The lowest BCUT2D eigenvalue weighted by Gasteiger charge is -2.64. The van der Waals surface area contributed by atoms with Gasteiger partial charge in [-0.3, -0.25) is 9.59 Å². The van der Waals surface area contributed by atoms with E-state index in [1.165, 1.54) is 12.5 Å². The Morgan fingerprint density at radius 3 is 2.50 bits per heavy atom. The van der Waals surface area contributed by atoms with Crippen molar-refractivity contribution in [2.45, 2.75) is 76.2 Å². The zero-order valence-corrected chi connectivity index (χ0v) is 20.4. The van der Waals surface area contributed by atoms with Crippen LogP contribution in [0.4, 0.5) is 0 Å². The molecule has 1 saturated carbocycles. The molecular weight excluding hydrogens is 472 g/mol. The van der Waals surface area contributed by atoms with Crippen LogP contribution in [-0.4, -0.2) is 64.1 Å². The first-order valence-corrected chi connectivity index (χ1v) is 12.3. The summed E-state index contributed by atoms with van der Waals surface area (Å²) < 4.78 is 29.1. The van der Waals surface area contributed by atoms with Gasteiger partial charge in [-0.15, -0.1) is 0 Å². The fourth-order valence-corrected chi connectivity index (χ4v) is 8.90. The van der Waals surface area contributed by atoms with Crippen molar-refractivity contribution in [2.75, 3.05) is 6.61 Å². The molecule has 4 saturated heterocycles. The van der Waals surface area contributed by atoms with Gasteiger partial charge in [-0.2, -0.15) is 0 Å². The first kappa shape index (κ1) is 22.5. The highest BCUT2D eigenvalue weighted by molar-refractivity contribution is 6.03. The Balaban J connectivity index is 1.49. The van der Waals surface area contributed by atoms with E-state index in [-0.39, 0.29) is 19.4 Å². The summed E-state index contributed by atoms with van der Waals surface area (Å²) in [5, 5.41) is 23.4. The van der Waals surface area contributed by atoms with Gasteiger partial charge < -0.3 is 33.6 Å². The molecule has 4 aliphatic heterocycles. The number of carbonyl (C=O) groups excluding carboxylic acids is 3. The molecular formula is C26H28O10. The Morgan fingerprint density at radius 2 is 1.81 bits per heavy atom. The summed E-state index contributed by atoms with van der Waals surface area (Å²) in [5.74, 6) is -2.72. The summed E-state index contributed by atoms with van der Waals surface area (Å²) in [5.41, 5.74) is -5.34. The van der Waals surface area contributed by atoms with Crippen molar-refractivity contribution < 1.29 is 48.0 Å². The lowest BCUT2D eigenvalue weighted by molar-refractivity contribution is -0.240. The lowest BCUT2D eigenvalue weighted by atomic mass is 9.38. The second kappa shape index (κ2) is 6.23. The second-order valence-corrected chi connectivity index (χ2v) is 12.0. The number of cyclic esters (lactones) is 2. The van der Waals surface area contributed by atoms with E-state index in [4.69, 9.17) is 23.4 Å². The summed E-state index contributed by atoms with van der Waals surface area (Å²) in [6.45, 7) is 6.87. The van der Waals surface area contributed by atoms with Gasteiger partial charge in [0.2, 0.25) is 5.78 Å². The normalized spacial score (nSPS) is 50.2. The summed E-state index contributed by atoms with van der Waals surface area (Å²) in [4.78, 5) is 39.8. The van der Waals surface area contributed by atoms with E-state index in [1.807, 2.05) is 0 Å². The molecule has 0 amide bonds. The number of aliphatic hydroxyl groups is 2. The Labute approximate surface area is 206 Å². The number of hydrogen-bond acceptors (Lipinski definition) is 10. The number of ether oxygens (including phenoxy) is 4. The molecule has 7 rings (SSSR count). The van der Waals surface area contributed by atoms with Crippen molar-refractivity contribution in [3.8, 4) is 0 Å². The molecule has 1 aromatic rings. The molecule has 2 spiro atoms. The predicted octanol–water partition coefficient (Wildman–Crippen LogP) is 1.91. The van der Waals surface area contributed by atoms with E-state index >= 15 is 0 Å². The van der Waals surface area contributed by atoms with Crippen LogP contribution in [0.25, 0.3) is 0 Å². The fraction of sp³-hybridized carbons (Fsp3) is 0.654. The van der Waals surface area contributed by atoms with Gasteiger partial charge in [-0.1, -0.05) is 6.92 Å². The molecule has 0 bridgehead atoms. The van der Waals surface area contributed by atoms with Gasteiger partial charge in [0.25, 0.3) is 0 Å². The molecule has 0 aromatic carbocycles. The number of ketones is 1. The standard InChI is InChI=1S/C26H28O10/c1-22(2)17-16(29)18(30)23(3)12(25(17)10-33-15(28)8-14(25)35-22)7-13(27)24(4)19(11-5-6-32-9-11)34-21(31)20-26(23,24)36-20/h5-6,9,12-14,19-20,27,29H,7-8,10H2,1-4H3/t12?,13?,14?,19?,20?,23-,24-,25-,26-/m0/s1. The number of esters is 2. The molecule has 5 fully saturated rings. The van der Waals surface area contributed by atoms with Gasteiger partial charge in [0.05, 0.1) is 53.0 Å². The van der Waals surface area contributed by atoms with Crippen molar-refractivity contribution in [1.29, 1.82) is 0 Å². The number of Topliss-reactive ketones (excluding diaryl/α,β-unsaturated/α-hetero) is 1. The van der Waals surface area contributed by atoms with Gasteiger partial charge in [0.1, 0.15) is 18.3 Å². The van der Waals surface area contributed by atoms with E-state index in [9.17, 15) is 24.6 Å². The molecule has 9 atom stereocenters. The number of rotatable bonds is 1. The third kappa shape index (κ3) is 2.06. The van der Waals surface area contributed by atoms with Crippen LogP contribution >= 0.6 is 0 Å². The van der Waals surface area contributed by atoms with Crippen LogP contribution < -0.4 is 0 Å². The van der Waals surface area contributed by atoms with Crippen molar-refractivity contribution in [3.05, 3.63) is 35.5 Å². The van der Waals surface area contributed by atoms with Crippen LogP contribution in [0.2, 0.25) is 0 Å². The quantitative estimate of drug-likeness (QED) is 0.433. The Morgan fingerprint density at radius 1 is 1.06 bits per heavy atom. The molecule has 6 aliphatic rings. The Kier molecular flexibility index (Phi) is 3.89. The van der Waals surface area contributed by atoms with Crippen LogP contribution in [0.1, 0.15) is 52.2 Å². The maximum atomic E-state index is 14.3. The number of hydrogen-bond donors (Lipinski definition) is 2. The maximum absolute atomic E-state index is 14.3. The average molecular weight is 501 g/mol. The lowest BCUT2D eigenvalue weighted by Crippen LogP contribution is -2.74. The van der Waals surface area contributed by atoms with Crippen molar-refractivity contribution in [1.82, 2.24) is 0 Å². The van der Waals surface area contributed by atoms with Crippen molar-refractivity contribution in [2.24, 2.45) is 22.2 Å². The number of allylic oxidation sites excluding steroid dienone is 1. The van der Waals surface area contributed by atoms with Crippen LogP contribution in [0, 0.1) is 22.2 Å².